The first-order valence-corrected chi connectivity index (χ1v) is 8.27. The number of methoxy groups -OCH3 is 4. The van der Waals surface area contributed by atoms with Gasteiger partial charge in [-0.3, -0.25) is 4.79 Å². The number of esters is 2. The summed E-state index contributed by atoms with van der Waals surface area (Å²) in [6, 6.07) is 3.49. The van der Waals surface area contributed by atoms with Crippen LogP contribution in [0.15, 0.2) is 18.2 Å². The van der Waals surface area contributed by atoms with E-state index in [9.17, 15) is 9.59 Å². The number of ether oxygens (including phenoxy) is 5. The molecule has 0 saturated carbocycles. The van der Waals surface area contributed by atoms with Crippen molar-refractivity contribution in [3.8, 4) is 17.2 Å². The van der Waals surface area contributed by atoms with E-state index in [1.807, 2.05) is 0 Å². The van der Waals surface area contributed by atoms with Gasteiger partial charge in [0.15, 0.2) is 11.5 Å². The molecule has 7 nitrogen and oxygen atoms in total. The van der Waals surface area contributed by atoms with Crippen molar-refractivity contribution in [3.63, 3.8) is 0 Å². The predicted octanol–water partition coefficient (Wildman–Crippen LogP) is 3.00. The molecule has 26 heavy (non-hydrogen) atoms. The topological polar surface area (TPSA) is 80.3 Å². The lowest BCUT2D eigenvalue weighted by molar-refractivity contribution is -0.140. The van der Waals surface area contributed by atoms with Gasteiger partial charge in [0.05, 0.1) is 35.0 Å². The quantitative estimate of drug-likeness (QED) is 0.338. The van der Waals surface area contributed by atoms with Crippen LogP contribution in [0.4, 0.5) is 0 Å². The Balaban J connectivity index is 2.70. The average Bonchev–Trinajstić information content (AvgIpc) is 2.68. The van der Waals surface area contributed by atoms with Crippen molar-refractivity contribution in [2.75, 3.05) is 35.0 Å². The van der Waals surface area contributed by atoms with E-state index in [2.05, 4.69) is 9.47 Å². The molecule has 0 atom stereocenters. The van der Waals surface area contributed by atoms with E-state index in [0.717, 1.165) is 24.8 Å². The summed E-state index contributed by atoms with van der Waals surface area (Å²) in [4.78, 5) is 22.3. The third kappa shape index (κ3) is 7.04. The molecule has 0 aliphatic heterocycles. The van der Waals surface area contributed by atoms with Crippen LogP contribution in [0.1, 0.15) is 31.2 Å². The lowest BCUT2D eigenvalue weighted by atomic mass is 10.1. The summed E-state index contributed by atoms with van der Waals surface area (Å²) in [5.41, 5.74) is 0.717. The van der Waals surface area contributed by atoms with E-state index in [4.69, 9.17) is 14.2 Å². The van der Waals surface area contributed by atoms with E-state index in [0.29, 0.717) is 30.3 Å². The van der Waals surface area contributed by atoms with E-state index in [1.54, 1.807) is 18.2 Å². The summed E-state index contributed by atoms with van der Waals surface area (Å²) in [6.45, 7) is 0.464. The molecule has 0 aliphatic rings. The maximum absolute atomic E-state index is 11.2. The summed E-state index contributed by atoms with van der Waals surface area (Å²) in [7, 11) is 5.77. The highest BCUT2D eigenvalue weighted by atomic mass is 16.5. The second-order valence-corrected chi connectivity index (χ2v) is 5.35. The Kier molecular flexibility index (Phi) is 9.67. The van der Waals surface area contributed by atoms with E-state index in [-0.39, 0.29) is 5.97 Å². The molecule has 0 bridgehead atoms. The van der Waals surface area contributed by atoms with Crippen molar-refractivity contribution in [1.29, 1.82) is 0 Å². The van der Waals surface area contributed by atoms with Gasteiger partial charge in [-0.05, 0) is 43.0 Å². The third-order valence-electron chi connectivity index (χ3n) is 3.60. The summed E-state index contributed by atoms with van der Waals surface area (Å²) < 4.78 is 25.7. The number of hydrogen-bond donors (Lipinski definition) is 0. The SMILES string of the molecule is COC(=O)C=Cc1cc(OC)c(OCCCCCC(=O)OC)c(OC)c1. The lowest BCUT2D eigenvalue weighted by Gasteiger charge is -2.15. The second kappa shape index (κ2) is 11.8. The molecule has 1 aromatic carbocycles. The molecule has 7 heteroatoms. The highest BCUT2D eigenvalue weighted by Gasteiger charge is 2.13. The molecule has 0 aromatic heterocycles. The van der Waals surface area contributed by atoms with Gasteiger partial charge in [0.25, 0.3) is 0 Å². The summed E-state index contributed by atoms with van der Waals surface area (Å²) in [5.74, 6) is 0.852. The third-order valence-corrected chi connectivity index (χ3v) is 3.60. The minimum absolute atomic E-state index is 0.204. The molecular formula is C19H26O7. The number of benzene rings is 1. The monoisotopic (exact) mass is 366 g/mol. The zero-order valence-electron chi connectivity index (χ0n) is 15.7. The molecule has 0 saturated heterocycles. The van der Waals surface area contributed by atoms with Crippen molar-refractivity contribution < 1.29 is 33.3 Å². The van der Waals surface area contributed by atoms with Crippen molar-refractivity contribution in [3.05, 3.63) is 23.8 Å². The van der Waals surface area contributed by atoms with Crippen LogP contribution in [0, 0.1) is 0 Å². The van der Waals surface area contributed by atoms with E-state index >= 15 is 0 Å². The number of rotatable bonds is 11. The van der Waals surface area contributed by atoms with E-state index < -0.39 is 5.97 Å². The van der Waals surface area contributed by atoms with Gasteiger partial charge in [-0.15, -0.1) is 0 Å². The molecule has 0 spiro atoms. The molecule has 0 N–H and O–H groups in total. The molecule has 1 aromatic rings. The summed E-state index contributed by atoms with van der Waals surface area (Å²) in [5, 5.41) is 0. The molecule has 0 unspecified atom stereocenters. The first-order valence-electron chi connectivity index (χ1n) is 8.27. The first-order chi connectivity index (χ1) is 12.5. The average molecular weight is 366 g/mol. The van der Waals surface area contributed by atoms with Crippen LogP contribution in [0.5, 0.6) is 17.2 Å². The normalized spacial score (nSPS) is 10.5. The fraction of sp³-hybridized carbons (Fsp3) is 0.474. The van der Waals surface area contributed by atoms with Crippen LogP contribution in [0.3, 0.4) is 0 Å². The smallest absolute Gasteiger partial charge is 0.330 e. The maximum atomic E-state index is 11.2. The van der Waals surface area contributed by atoms with Crippen LogP contribution in [-0.2, 0) is 19.1 Å². The van der Waals surface area contributed by atoms with Gasteiger partial charge in [-0.2, -0.15) is 0 Å². The zero-order valence-corrected chi connectivity index (χ0v) is 15.7. The number of hydrogen-bond acceptors (Lipinski definition) is 7. The summed E-state index contributed by atoms with van der Waals surface area (Å²) in [6.07, 6.45) is 5.71. The molecule has 0 radical (unpaired) electrons. The van der Waals surface area contributed by atoms with Gasteiger partial charge < -0.3 is 23.7 Å². The molecule has 0 fully saturated rings. The number of carbonyl (C=O) groups is 2. The van der Waals surface area contributed by atoms with Crippen molar-refractivity contribution in [2.45, 2.75) is 25.7 Å². The first kappa shape index (κ1) is 21.3. The van der Waals surface area contributed by atoms with E-state index in [1.165, 1.54) is 34.5 Å². The highest BCUT2D eigenvalue weighted by molar-refractivity contribution is 5.87. The Morgan fingerprint density at radius 1 is 0.923 bits per heavy atom. The number of unbranched alkanes of at least 4 members (excludes halogenated alkanes) is 2. The Morgan fingerprint density at radius 3 is 2.12 bits per heavy atom. The summed E-state index contributed by atoms with van der Waals surface area (Å²) >= 11 is 0. The number of carbonyl (C=O) groups excluding carboxylic acids is 2. The predicted molar refractivity (Wildman–Crippen MR) is 96.6 cm³/mol. The van der Waals surface area contributed by atoms with Crippen LogP contribution >= 0.6 is 0 Å². The molecular weight excluding hydrogens is 340 g/mol. The minimum Gasteiger partial charge on any atom is -0.493 e. The van der Waals surface area contributed by atoms with Gasteiger partial charge in [-0.1, -0.05) is 0 Å². The van der Waals surface area contributed by atoms with Gasteiger partial charge >= 0.3 is 11.9 Å². The second-order valence-electron chi connectivity index (χ2n) is 5.35. The molecule has 144 valence electrons. The highest BCUT2D eigenvalue weighted by Crippen LogP contribution is 2.39. The van der Waals surface area contributed by atoms with Crippen LogP contribution in [-0.4, -0.2) is 47.0 Å². The Hall–Kier alpha value is -2.70. The van der Waals surface area contributed by atoms with Crippen LogP contribution < -0.4 is 14.2 Å². The largest absolute Gasteiger partial charge is 0.493 e. The van der Waals surface area contributed by atoms with Gasteiger partial charge in [0.1, 0.15) is 0 Å². The van der Waals surface area contributed by atoms with Crippen molar-refractivity contribution in [2.24, 2.45) is 0 Å². The Morgan fingerprint density at radius 2 is 1.58 bits per heavy atom. The zero-order chi connectivity index (χ0) is 19.4. The van der Waals surface area contributed by atoms with Gasteiger partial charge in [-0.25, -0.2) is 4.79 Å². The van der Waals surface area contributed by atoms with Crippen LogP contribution in [0.2, 0.25) is 0 Å². The molecule has 1 rings (SSSR count). The molecule has 0 aliphatic carbocycles. The van der Waals surface area contributed by atoms with Gasteiger partial charge in [0, 0.05) is 12.5 Å². The minimum atomic E-state index is -0.449. The molecule has 0 heterocycles. The fourth-order valence-corrected chi connectivity index (χ4v) is 2.20. The maximum Gasteiger partial charge on any atom is 0.330 e. The molecule has 0 amide bonds. The van der Waals surface area contributed by atoms with Crippen molar-refractivity contribution >= 4 is 18.0 Å². The van der Waals surface area contributed by atoms with Crippen molar-refractivity contribution in [1.82, 2.24) is 0 Å². The lowest BCUT2D eigenvalue weighted by Crippen LogP contribution is -2.03. The van der Waals surface area contributed by atoms with Gasteiger partial charge in [0.2, 0.25) is 5.75 Å². The Labute approximate surface area is 153 Å². The Bertz CT molecular complexity index is 597. The standard InChI is InChI=1S/C19H26O7/c1-22-15-12-14(9-10-18(21)25-4)13-16(23-2)19(15)26-11-7-5-6-8-17(20)24-3/h9-10,12-13H,5-8,11H2,1-4H3. The fourth-order valence-electron chi connectivity index (χ4n) is 2.20. The van der Waals surface area contributed by atoms with Crippen LogP contribution in [0.25, 0.3) is 6.08 Å².